The molecular formula is C19H20BrClFN3O. The van der Waals surface area contributed by atoms with Crippen molar-refractivity contribution in [3.8, 4) is 0 Å². The molecule has 0 aromatic heterocycles. The molecule has 1 saturated heterocycles. The molecule has 1 aliphatic heterocycles. The van der Waals surface area contributed by atoms with Crippen molar-refractivity contribution in [1.82, 2.24) is 9.80 Å². The highest BCUT2D eigenvalue weighted by Gasteiger charge is 2.19. The number of carbonyl (C=O) groups is 1. The summed E-state index contributed by atoms with van der Waals surface area (Å²) < 4.78 is 14.1. The van der Waals surface area contributed by atoms with Gasteiger partial charge >= 0.3 is 0 Å². The Morgan fingerprint density at radius 3 is 2.54 bits per heavy atom. The normalized spacial score (nSPS) is 15.8. The molecule has 4 nitrogen and oxygen atoms in total. The molecule has 0 atom stereocenters. The zero-order chi connectivity index (χ0) is 18.5. The van der Waals surface area contributed by atoms with Gasteiger partial charge in [0.2, 0.25) is 5.91 Å². The first-order valence-corrected chi connectivity index (χ1v) is 9.61. The topological polar surface area (TPSA) is 35.6 Å². The van der Waals surface area contributed by atoms with Crippen LogP contribution < -0.4 is 5.32 Å². The van der Waals surface area contributed by atoms with Crippen molar-refractivity contribution in [2.45, 2.75) is 6.54 Å². The summed E-state index contributed by atoms with van der Waals surface area (Å²) in [6, 6.07) is 12.1. The SMILES string of the molecule is O=C(CN1CCN(Cc2cccc(F)c2)CC1)Nc1ccc(Br)cc1Cl. The molecule has 1 amide bonds. The van der Waals surface area contributed by atoms with Gasteiger partial charge in [-0.1, -0.05) is 39.7 Å². The van der Waals surface area contributed by atoms with E-state index < -0.39 is 0 Å². The van der Waals surface area contributed by atoms with Crippen LogP contribution in [-0.4, -0.2) is 48.4 Å². The number of benzene rings is 2. The van der Waals surface area contributed by atoms with Crippen LogP contribution in [0.4, 0.5) is 10.1 Å². The Balaban J connectivity index is 1.45. The average Bonchev–Trinajstić information content (AvgIpc) is 2.59. The maximum absolute atomic E-state index is 13.3. The third kappa shape index (κ3) is 5.51. The number of anilines is 1. The largest absolute Gasteiger partial charge is 0.324 e. The summed E-state index contributed by atoms with van der Waals surface area (Å²) in [6.07, 6.45) is 0. The summed E-state index contributed by atoms with van der Waals surface area (Å²) in [5.41, 5.74) is 1.59. The van der Waals surface area contributed by atoms with Gasteiger partial charge in [-0.15, -0.1) is 0 Å². The molecule has 0 bridgehead atoms. The van der Waals surface area contributed by atoms with Crippen LogP contribution in [0.1, 0.15) is 5.56 Å². The predicted molar refractivity (Wildman–Crippen MR) is 106 cm³/mol. The highest BCUT2D eigenvalue weighted by Crippen LogP contribution is 2.25. The maximum atomic E-state index is 13.3. The number of piperazine rings is 1. The Bertz CT molecular complexity index is 781. The molecule has 26 heavy (non-hydrogen) atoms. The van der Waals surface area contributed by atoms with Crippen LogP contribution in [0.25, 0.3) is 0 Å². The highest BCUT2D eigenvalue weighted by molar-refractivity contribution is 9.10. The van der Waals surface area contributed by atoms with E-state index in [1.54, 1.807) is 24.3 Å². The van der Waals surface area contributed by atoms with E-state index in [-0.39, 0.29) is 11.7 Å². The predicted octanol–water partition coefficient (Wildman–Crippen LogP) is 4.00. The smallest absolute Gasteiger partial charge is 0.238 e. The highest BCUT2D eigenvalue weighted by atomic mass is 79.9. The average molecular weight is 441 g/mol. The minimum atomic E-state index is -0.204. The van der Waals surface area contributed by atoms with Crippen molar-refractivity contribution in [3.63, 3.8) is 0 Å². The van der Waals surface area contributed by atoms with E-state index in [9.17, 15) is 9.18 Å². The van der Waals surface area contributed by atoms with Crippen LogP contribution in [0, 0.1) is 5.82 Å². The number of rotatable bonds is 5. The summed E-state index contributed by atoms with van der Waals surface area (Å²) in [5.74, 6) is -0.280. The Morgan fingerprint density at radius 2 is 1.85 bits per heavy atom. The standard InChI is InChI=1S/C19H20BrClFN3O/c20-15-4-5-18(17(21)11-15)23-19(26)13-25-8-6-24(7-9-25)12-14-2-1-3-16(22)10-14/h1-5,10-11H,6-9,12-13H2,(H,23,26). The van der Waals surface area contributed by atoms with E-state index in [4.69, 9.17) is 11.6 Å². The van der Waals surface area contributed by atoms with Gasteiger partial charge in [0.1, 0.15) is 5.82 Å². The van der Waals surface area contributed by atoms with E-state index in [1.807, 2.05) is 12.1 Å². The Morgan fingerprint density at radius 1 is 1.12 bits per heavy atom. The maximum Gasteiger partial charge on any atom is 0.238 e. The molecule has 0 radical (unpaired) electrons. The molecule has 0 aliphatic carbocycles. The van der Waals surface area contributed by atoms with Crippen LogP contribution >= 0.6 is 27.5 Å². The second-order valence-electron chi connectivity index (χ2n) is 6.35. The number of hydrogen-bond acceptors (Lipinski definition) is 3. The number of halogens is 3. The lowest BCUT2D eigenvalue weighted by atomic mass is 10.2. The molecular weight excluding hydrogens is 421 g/mol. The molecule has 1 N–H and O–H groups in total. The van der Waals surface area contributed by atoms with E-state index >= 15 is 0 Å². The first-order valence-electron chi connectivity index (χ1n) is 8.43. The van der Waals surface area contributed by atoms with Crippen molar-refractivity contribution in [2.24, 2.45) is 0 Å². The van der Waals surface area contributed by atoms with Gasteiger partial charge in [-0.25, -0.2) is 4.39 Å². The molecule has 2 aromatic rings. The van der Waals surface area contributed by atoms with Gasteiger partial charge in [-0.2, -0.15) is 0 Å². The first-order chi connectivity index (χ1) is 12.5. The molecule has 0 unspecified atom stereocenters. The zero-order valence-electron chi connectivity index (χ0n) is 14.2. The van der Waals surface area contributed by atoms with E-state index in [0.29, 0.717) is 17.3 Å². The molecule has 7 heteroatoms. The number of carbonyl (C=O) groups excluding carboxylic acids is 1. The molecule has 1 heterocycles. The van der Waals surface area contributed by atoms with Crippen LogP contribution in [0.3, 0.4) is 0 Å². The van der Waals surface area contributed by atoms with Crippen LogP contribution in [0.2, 0.25) is 5.02 Å². The number of nitrogens with one attached hydrogen (secondary N) is 1. The minimum Gasteiger partial charge on any atom is -0.324 e. The van der Waals surface area contributed by atoms with Gasteiger partial charge in [0.15, 0.2) is 0 Å². The van der Waals surface area contributed by atoms with Crippen molar-refractivity contribution in [2.75, 3.05) is 38.0 Å². The molecule has 1 fully saturated rings. The first kappa shape index (κ1) is 19.3. The molecule has 2 aromatic carbocycles. The van der Waals surface area contributed by atoms with Crippen LogP contribution in [0.15, 0.2) is 46.9 Å². The molecule has 0 saturated carbocycles. The van der Waals surface area contributed by atoms with E-state index in [0.717, 1.165) is 42.8 Å². The lowest BCUT2D eigenvalue weighted by Crippen LogP contribution is -2.48. The summed E-state index contributed by atoms with van der Waals surface area (Å²) in [7, 11) is 0. The van der Waals surface area contributed by atoms with Crippen molar-refractivity contribution < 1.29 is 9.18 Å². The molecule has 138 valence electrons. The van der Waals surface area contributed by atoms with E-state index in [1.165, 1.54) is 6.07 Å². The van der Waals surface area contributed by atoms with Crippen molar-refractivity contribution in [3.05, 3.63) is 63.3 Å². The molecule has 3 rings (SSSR count). The number of nitrogens with zero attached hydrogens (tertiary/aromatic N) is 2. The summed E-state index contributed by atoms with van der Waals surface area (Å²) in [5, 5.41) is 3.36. The van der Waals surface area contributed by atoms with Gasteiger partial charge < -0.3 is 5.32 Å². The lowest BCUT2D eigenvalue weighted by Gasteiger charge is -2.34. The van der Waals surface area contributed by atoms with Gasteiger partial charge in [0.25, 0.3) is 0 Å². The third-order valence-corrected chi connectivity index (χ3v) is 5.14. The second kappa shape index (κ2) is 8.95. The van der Waals surface area contributed by atoms with Gasteiger partial charge in [-0.05, 0) is 35.9 Å². The van der Waals surface area contributed by atoms with Crippen LogP contribution in [0.5, 0.6) is 0 Å². The fourth-order valence-corrected chi connectivity index (χ4v) is 3.70. The summed E-state index contributed by atoms with van der Waals surface area (Å²) in [6.45, 7) is 4.37. The van der Waals surface area contributed by atoms with Gasteiger partial charge in [-0.3, -0.25) is 14.6 Å². The quantitative estimate of drug-likeness (QED) is 0.763. The van der Waals surface area contributed by atoms with Crippen LogP contribution in [-0.2, 0) is 11.3 Å². The molecule has 1 aliphatic rings. The Labute approximate surface area is 166 Å². The van der Waals surface area contributed by atoms with Gasteiger partial charge in [0.05, 0.1) is 17.3 Å². The molecule has 0 spiro atoms. The summed E-state index contributed by atoms with van der Waals surface area (Å²) >= 11 is 9.48. The fourth-order valence-electron chi connectivity index (χ4n) is 2.98. The number of amides is 1. The third-order valence-electron chi connectivity index (χ3n) is 4.33. The summed E-state index contributed by atoms with van der Waals surface area (Å²) in [4.78, 5) is 16.6. The van der Waals surface area contributed by atoms with E-state index in [2.05, 4.69) is 31.0 Å². The monoisotopic (exact) mass is 439 g/mol. The second-order valence-corrected chi connectivity index (χ2v) is 7.68. The van der Waals surface area contributed by atoms with Crippen molar-refractivity contribution in [1.29, 1.82) is 0 Å². The number of hydrogen-bond donors (Lipinski definition) is 1. The zero-order valence-corrected chi connectivity index (χ0v) is 16.6. The Hall–Kier alpha value is -1.47. The van der Waals surface area contributed by atoms with Gasteiger partial charge in [0, 0.05) is 37.2 Å². The Kier molecular flexibility index (Phi) is 6.64. The fraction of sp³-hybridized carbons (Fsp3) is 0.316. The van der Waals surface area contributed by atoms with Crippen molar-refractivity contribution >= 4 is 39.1 Å². The minimum absolute atomic E-state index is 0.0761. The lowest BCUT2D eigenvalue weighted by molar-refractivity contribution is -0.117.